The van der Waals surface area contributed by atoms with Crippen molar-refractivity contribution in [3.63, 3.8) is 0 Å². The van der Waals surface area contributed by atoms with E-state index in [1.165, 1.54) is 25.4 Å². The molecule has 7 nitrogen and oxygen atoms in total. The van der Waals surface area contributed by atoms with Crippen molar-refractivity contribution >= 4 is 52.4 Å². The van der Waals surface area contributed by atoms with Crippen LogP contribution >= 0.6 is 12.4 Å². The van der Waals surface area contributed by atoms with Gasteiger partial charge in [-0.05, 0) is 36.4 Å². The molecular weight excluding hydrogens is 344 g/mol. The molecule has 1 heterocycles. The lowest BCUT2D eigenvalue weighted by molar-refractivity contribution is -0.114. The fourth-order valence-corrected chi connectivity index (χ4v) is 2.30. The molecule has 0 saturated carbocycles. The van der Waals surface area contributed by atoms with Gasteiger partial charge in [0.05, 0.1) is 11.1 Å². The first-order valence-corrected chi connectivity index (χ1v) is 7.15. The van der Waals surface area contributed by atoms with Crippen molar-refractivity contribution in [3.8, 4) is 0 Å². The number of amides is 1. The molecule has 0 spiro atoms. The summed E-state index contributed by atoms with van der Waals surface area (Å²) in [6.45, 7) is 1.44. The van der Waals surface area contributed by atoms with Gasteiger partial charge in [-0.15, -0.1) is 12.4 Å². The van der Waals surface area contributed by atoms with Crippen LogP contribution in [0.2, 0.25) is 0 Å². The molecule has 1 aromatic heterocycles. The predicted octanol–water partition coefficient (Wildman–Crippen LogP) is 3.45. The van der Waals surface area contributed by atoms with Gasteiger partial charge in [0.2, 0.25) is 5.91 Å². The Hall–Kier alpha value is -3.19. The van der Waals surface area contributed by atoms with Crippen LogP contribution in [0.15, 0.2) is 48.8 Å². The van der Waals surface area contributed by atoms with Gasteiger partial charge in [0, 0.05) is 23.7 Å². The summed E-state index contributed by atoms with van der Waals surface area (Å²) in [5, 5.41) is 15.6. The number of carboxylic acid groups (broad SMARTS) is 1. The molecule has 3 rings (SSSR count). The highest BCUT2D eigenvalue weighted by Crippen LogP contribution is 2.25. The Morgan fingerprint density at radius 2 is 1.80 bits per heavy atom. The average Bonchev–Trinajstić information content (AvgIpc) is 2.54. The van der Waals surface area contributed by atoms with Crippen LogP contribution in [0.5, 0.6) is 0 Å². The van der Waals surface area contributed by atoms with Gasteiger partial charge >= 0.3 is 5.97 Å². The highest BCUT2D eigenvalue weighted by molar-refractivity contribution is 5.97. The summed E-state index contributed by atoms with van der Waals surface area (Å²) in [6, 6.07) is 11.9. The second kappa shape index (κ2) is 7.59. The third-order valence-corrected chi connectivity index (χ3v) is 3.33. The number of rotatable bonds is 4. The molecular formula is C17H15ClN4O3. The van der Waals surface area contributed by atoms with E-state index in [9.17, 15) is 9.59 Å². The molecule has 3 N–H and O–H groups in total. The number of benzene rings is 2. The minimum absolute atomic E-state index is 0. The molecule has 0 saturated heterocycles. The Morgan fingerprint density at radius 1 is 1.04 bits per heavy atom. The van der Waals surface area contributed by atoms with E-state index in [0.29, 0.717) is 22.4 Å². The molecule has 0 aliphatic rings. The van der Waals surface area contributed by atoms with Crippen LogP contribution in [0.1, 0.15) is 17.3 Å². The molecule has 0 atom stereocenters. The highest BCUT2D eigenvalue weighted by atomic mass is 35.5. The zero-order valence-corrected chi connectivity index (χ0v) is 14.0. The van der Waals surface area contributed by atoms with Crippen molar-refractivity contribution in [2.45, 2.75) is 6.92 Å². The first-order valence-electron chi connectivity index (χ1n) is 7.15. The molecule has 3 aromatic rings. The SMILES string of the molecule is CC(=O)Nc1cccc(Nc2ncnc3cc(C(=O)O)ccc23)c1.Cl. The third-order valence-electron chi connectivity index (χ3n) is 3.33. The summed E-state index contributed by atoms with van der Waals surface area (Å²) in [7, 11) is 0. The zero-order valence-electron chi connectivity index (χ0n) is 13.2. The van der Waals surface area contributed by atoms with Gasteiger partial charge in [-0.2, -0.15) is 0 Å². The fraction of sp³-hybridized carbons (Fsp3) is 0.0588. The number of carboxylic acids is 1. The number of fused-ring (bicyclic) bond motifs is 1. The molecule has 1 amide bonds. The molecule has 8 heteroatoms. The topological polar surface area (TPSA) is 104 Å². The van der Waals surface area contributed by atoms with E-state index in [-0.39, 0.29) is 23.9 Å². The van der Waals surface area contributed by atoms with E-state index < -0.39 is 5.97 Å². The van der Waals surface area contributed by atoms with Crippen molar-refractivity contribution in [1.82, 2.24) is 9.97 Å². The monoisotopic (exact) mass is 358 g/mol. The number of carbonyl (C=O) groups excluding carboxylic acids is 1. The van der Waals surface area contributed by atoms with Crippen molar-refractivity contribution in [1.29, 1.82) is 0 Å². The summed E-state index contributed by atoms with van der Waals surface area (Å²) in [4.78, 5) is 30.5. The maximum Gasteiger partial charge on any atom is 0.335 e. The first-order chi connectivity index (χ1) is 11.5. The summed E-state index contributed by atoms with van der Waals surface area (Å²) in [6.07, 6.45) is 1.37. The number of anilines is 3. The van der Waals surface area contributed by atoms with E-state index in [0.717, 1.165) is 5.69 Å². The van der Waals surface area contributed by atoms with E-state index in [4.69, 9.17) is 5.11 Å². The minimum atomic E-state index is -1.01. The highest BCUT2D eigenvalue weighted by Gasteiger charge is 2.09. The van der Waals surface area contributed by atoms with Gasteiger partial charge in [0.15, 0.2) is 0 Å². The van der Waals surface area contributed by atoms with Gasteiger partial charge in [0.1, 0.15) is 12.1 Å². The van der Waals surface area contributed by atoms with Crippen LogP contribution in [0.25, 0.3) is 10.9 Å². The molecule has 0 unspecified atom stereocenters. The van der Waals surface area contributed by atoms with Gasteiger partial charge in [-0.1, -0.05) is 6.07 Å². The third kappa shape index (κ3) is 4.21. The number of aromatic carboxylic acids is 1. The van der Waals surface area contributed by atoms with Crippen LogP contribution in [-0.4, -0.2) is 27.0 Å². The number of carbonyl (C=O) groups is 2. The summed E-state index contributed by atoms with van der Waals surface area (Å²) in [5.41, 5.74) is 2.10. The second-order valence-electron chi connectivity index (χ2n) is 5.15. The van der Waals surface area contributed by atoms with E-state index in [1.54, 1.807) is 24.3 Å². The van der Waals surface area contributed by atoms with Crippen molar-refractivity contribution in [2.75, 3.05) is 10.6 Å². The van der Waals surface area contributed by atoms with Crippen molar-refractivity contribution in [3.05, 3.63) is 54.4 Å². The van der Waals surface area contributed by atoms with Crippen LogP contribution in [0.4, 0.5) is 17.2 Å². The average molecular weight is 359 g/mol. The maximum absolute atomic E-state index is 11.1. The summed E-state index contributed by atoms with van der Waals surface area (Å²) < 4.78 is 0. The molecule has 25 heavy (non-hydrogen) atoms. The predicted molar refractivity (Wildman–Crippen MR) is 97.8 cm³/mol. The first kappa shape index (κ1) is 18.2. The number of hydrogen-bond acceptors (Lipinski definition) is 5. The summed E-state index contributed by atoms with van der Waals surface area (Å²) in [5.74, 6) is -0.606. The van der Waals surface area contributed by atoms with E-state index in [2.05, 4.69) is 20.6 Å². The fourth-order valence-electron chi connectivity index (χ4n) is 2.30. The Bertz CT molecular complexity index is 946. The lowest BCUT2D eigenvalue weighted by Crippen LogP contribution is -2.06. The lowest BCUT2D eigenvalue weighted by atomic mass is 10.1. The van der Waals surface area contributed by atoms with E-state index in [1.807, 2.05) is 6.07 Å². The standard InChI is InChI=1S/C17H14N4O3.ClH/c1-10(22)20-12-3-2-4-13(8-12)21-16-14-6-5-11(17(23)24)7-15(14)18-9-19-16;/h2-9H,1H3,(H,20,22)(H,23,24)(H,18,19,21);1H. The van der Waals surface area contributed by atoms with Crippen molar-refractivity contribution in [2.24, 2.45) is 0 Å². The number of hydrogen-bond donors (Lipinski definition) is 3. The molecule has 128 valence electrons. The molecule has 0 fully saturated rings. The Morgan fingerprint density at radius 3 is 2.52 bits per heavy atom. The molecule has 0 aliphatic carbocycles. The number of halogens is 1. The molecule has 0 bridgehead atoms. The normalized spacial score (nSPS) is 9.96. The van der Waals surface area contributed by atoms with Crippen LogP contribution < -0.4 is 10.6 Å². The van der Waals surface area contributed by atoms with Crippen LogP contribution in [0, 0.1) is 0 Å². The van der Waals surface area contributed by atoms with Gasteiger partial charge < -0.3 is 15.7 Å². The van der Waals surface area contributed by atoms with Gasteiger partial charge in [0.25, 0.3) is 0 Å². The van der Waals surface area contributed by atoms with Gasteiger partial charge in [-0.3, -0.25) is 4.79 Å². The number of aromatic nitrogens is 2. The maximum atomic E-state index is 11.1. The summed E-state index contributed by atoms with van der Waals surface area (Å²) >= 11 is 0. The smallest absolute Gasteiger partial charge is 0.335 e. The Balaban J connectivity index is 0.00000225. The Labute approximate surface area is 149 Å². The van der Waals surface area contributed by atoms with Crippen LogP contribution in [0.3, 0.4) is 0 Å². The minimum Gasteiger partial charge on any atom is -0.478 e. The zero-order chi connectivity index (χ0) is 17.1. The largest absolute Gasteiger partial charge is 0.478 e. The van der Waals surface area contributed by atoms with Gasteiger partial charge in [-0.25, -0.2) is 14.8 Å². The lowest BCUT2D eigenvalue weighted by Gasteiger charge is -2.10. The van der Waals surface area contributed by atoms with E-state index >= 15 is 0 Å². The number of nitrogens with one attached hydrogen (secondary N) is 2. The molecule has 2 aromatic carbocycles. The molecule has 0 aliphatic heterocycles. The second-order valence-corrected chi connectivity index (χ2v) is 5.15. The van der Waals surface area contributed by atoms with Crippen LogP contribution in [-0.2, 0) is 4.79 Å². The quantitative estimate of drug-likeness (QED) is 0.659. The Kier molecular flexibility index (Phi) is 5.51. The molecule has 0 radical (unpaired) electrons. The number of nitrogens with zero attached hydrogens (tertiary/aromatic N) is 2. The van der Waals surface area contributed by atoms with Crippen molar-refractivity contribution < 1.29 is 14.7 Å².